The van der Waals surface area contributed by atoms with Gasteiger partial charge in [0.05, 0.1) is 11.5 Å². The molecule has 1 aliphatic heterocycles. The summed E-state index contributed by atoms with van der Waals surface area (Å²) in [7, 11) is 0. The highest BCUT2D eigenvalue weighted by Crippen LogP contribution is 2.37. The van der Waals surface area contributed by atoms with Gasteiger partial charge in [-0.25, -0.2) is 0 Å². The fourth-order valence-corrected chi connectivity index (χ4v) is 4.02. The molecule has 0 N–H and O–H groups in total. The number of thioether (sulfide) groups is 1. The van der Waals surface area contributed by atoms with Crippen LogP contribution < -0.4 is 9.84 Å². The monoisotopic (exact) mass is 386 g/mol. The molecular weight excluding hydrogens is 370 g/mol. The Bertz CT molecular complexity index is 923. The molecule has 0 atom stereocenters. The van der Waals surface area contributed by atoms with Crippen LogP contribution in [0.15, 0.2) is 41.3 Å². The standard InChI is InChI=1S/C19H17NO4S2/c1-2-24-15-8-7-12-5-3-4-6-13(12)14(15)11-16-18(23)20(19(25)26-16)10-9-17(21)22/h3-8,11H,2,9-10H2,1H3,(H,21,22)/p-1/b16-11+. The number of carboxylic acid groups (broad SMARTS) is 1. The van der Waals surface area contributed by atoms with E-state index in [4.69, 9.17) is 17.0 Å². The van der Waals surface area contributed by atoms with Crippen molar-refractivity contribution < 1.29 is 19.4 Å². The number of aliphatic carboxylic acids is 1. The number of benzene rings is 2. The molecule has 0 bridgehead atoms. The van der Waals surface area contributed by atoms with Gasteiger partial charge in [-0.05, 0) is 29.8 Å². The zero-order chi connectivity index (χ0) is 18.7. The van der Waals surface area contributed by atoms with Crippen LogP contribution in [0.1, 0.15) is 18.9 Å². The molecule has 0 spiro atoms. The van der Waals surface area contributed by atoms with Crippen molar-refractivity contribution in [2.24, 2.45) is 0 Å². The van der Waals surface area contributed by atoms with Crippen molar-refractivity contribution in [3.05, 3.63) is 46.9 Å². The van der Waals surface area contributed by atoms with Gasteiger partial charge in [0.25, 0.3) is 5.91 Å². The Hall–Kier alpha value is -2.38. The lowest BCUT2D eigenvalue weighted by Crippen LogP contribution is -2.33. The van der Waals surface area contributed by atoms with Crippen molar-refractivity contribution in [1.82, 2.24) is 4.90 Å². The summed E-state index contributed by atoms with van der Waals surface area (Å²) < 4.78 is 6.07. The van der Waals surface area contributed by atoms with Crippen LogP contribution in [-0.2, 0) is 9.59 Å². The zero-order valence-electron chi connectivity index (χ0n) is 14.1. The van der Waals surface area contributed by atoms with E-state index in [2.05, 4.69) is 0 Å². The molecule has 0 unspecified atom stereocenters. The molecule has 0 aliphatic carbocycles. The molecule has 2 aromatic carbocycles. The molecule has 1 amide bonds. The van der Waals surface area contributed by atoms with Gasteiger partial charge >= 0.3 is 0 Å². The van der Waals surface area contributed by atoms with Crippen molar-refractivity contribution in [3.8, 4) is 5.75 Å². The highest BCUT2D eigenvalue weighted by molar-refractivity contribution is 8.26. The number of carbonyl (C=O) groups excluding carboxylic acids is 2. The van der Waals surface area contributed by atoms with Gasteiger partial charge in [-0.15, -0.1) is 0 Å². The molecule has 26 heavy (non-hydrogen) atoms. The molecule has 0 saturated carbocycles. The summed E-state index contributed by atoms with van der Waals surface area (Å²) in [6.45, 7) is 2.42. The normalized spacial score (nSPS) is 15.9. The van der Waals surface area contributed by atoms with E-state index in [-0.39, 0.29) is 18.9 Å². The fourth-order valence-electron chi connectivity index (χ4n) is 2.73. The summed E-state index contributed by atoms with van der Waals surface area (Å²) in [5.41, 5.74) is 0.811. The van der Waals surface area contributed by atoms with Gasteiger partial charge in [0, 0.05) is 24.5 Å². The lowest BCUT2D eigenvalue weighted by molar-refractivity contribution is -0.305. The fraction of sp³-hybridized carbons (Fsp3) is 0.211. The largest absolute Gasteiger partial charge is 0.550 e. The number of amides is 1. The van der Waals surface area contributed by atoms with E-state index in [9.17, 15) is 14.7 Å². The Kier molecular flexibility index (Phi) is 5.58. The first-order valence-electron chi connectivity index (χ1n) is 8.11. The maximum absolute atomic E-state index is 12.6. The van der Waals surface area contributed by atoms with Gasteiger partial charge in [0.1, 0.15) is 10.1 Å². The smallest absolute Gasteiger partial charge is 0.266 e. The summed E-state index contributed by atoms with van der Waals surface area (Å²) in [5, 5.41) is 12.7. The van der Waals surface area contributed by atoms with E-state index >= 15 is 0 Å². The Morgan fingerprint density at radius 3 is 2.81 bits per heavy atom. The summed E-state index contributed by atoms with van der Waals surface area (Å²) in [5.74, 6) is -0.821. The van der Waals surface area contributed by atoms with Crippen LogP contribution in [0, 0.1) is 0 Å². The second-order valence-electron chi connectivity index (χ2n) is 5.59. The van der Waals surface area contributed by atoms with Crippen molar-refractivity contribution in [2.75, 3.05) is 13.2 Å². The minimum atomic E-state index is -1.21. The second-order valence-corrected chi connectivity index (χ2v) is 7.26. The molecule has 1 saturated heterocycles. The number of hydrogen-bond acceptors (Lipinski definition) is 6. The predicted molar refractivity (Wildman–Crippen MR) is 105 cm³/mol. The van der Waals surface area contributed by atoms with Gasteiger partial charge in [0.2, 0.25) is 0 Å². The molecule has 1 fully saturated rings. The number of ether oxygens (including phenoxy) is 1. The van der Waals surface area contributed by atoms with Crippen LogP contribution in [0.25, 0.3) is 16.8 Å². The Labute approximate surface area is 160 Å². The van der Waals surface area contributed by atoms with Crippen LogP contribution in [0.3, 0.4) is 0 Å². The molecule has 1 aliphatic rings. The van der Waals surface area contributed by atoms with Crippen LogP contribution in [0.4, 0.5) is 0 Å². The van der Waals surface area contributed by atoms with E-state index < -0.39 is 5.97 Å². The van der Waals surface area contributed by atoms with Gasteiger partial charge in [0.15, 0.2) is 0 Å². The van der Waals surface area contributed by atoms with Crippen LogP contribution in [-0.4, -0.2) is 34.2 Å². The summed E-state index contributed by atoms with van der Waals surface area (Å²) >= 11 is 6.39. The quantitative estimate of drug-likeness (QED) is 0.561. The maximum Gasteiger partial charge on any atom is 0.266 e. The molecule has 2 aromatic rings. The van der Waals surface area contributed by atoms with Crippen molar-refractivity contribution in [3.63, 3.8) is 0 Å². The topological polar surface area (TPSA) is 69.7 Å². The van der Waals surface area contributed by atoms with Gasteiger partial charge < -0.3 is 14.6 Å². The third kappa shape index (κ3) is 3.73. The first-order chi connectivity index (χ1) is 12.5. The Morgan fingerprint density at radius 1 is 1.31 bits per heavy atom. The van der Waals surface area contributed by atoms with Gasteiger partial charge in [-0.3, -0.25) is 9.69 Å². The zero-order valence-corrected chi connectivity index (χ0v) is 15.7. The number of nitrogens with zero attached hydrogens (tertiary/aromatic N) is 1. The Morgan fingerprint density at radius 2 is 2.08 bits per heavy atom. The third-order valence-corrected chi connectivity index (χ3v) is 5.30. The van der Waals surface area contributed by atoms with Crippen molar-refractivity contribution in [1.29, 1.82) is 0 Å². The van der Waals surface area contributed by atoms with Gasteiger partial charge in [-0.2, -0.15) is 0 Å². The number of rotatable bonds is 6. The molecule has 3 rings (SSSR count). The molecule has 5 nitrogen and oxygen atoms in total. The van der Waals surface area contributed by atoms with Crippen LogP contribution >= 0.6 is 24.0 Å². The van der Waals surface area contributed by atoms with E-state index in [1.54, 1.807) is 6.08 Å². The van der Waals surface area contributed by atoms with Gasteiger partial charge in [-0.1, -0.05) is 54.3 Å². The number of fused-ring (bicyclic) bond motifs is 1. The van der Waals surface area contributed by atoms with Crippen LogP contribution in [0.5, 0.6) is 5.75 Å². The summed E-state index contributed by atoms with van der Waals surface area (Å²) in [6, 6.07) is 11.7. The van der Waals surface area contributed by atoms with E-state index in [1.165, 1.54) is 4.90 Å². The van der Waals surface area contributed by atoms with Crippen LogP contribution in [0.2, 0.25) is 0 Å². The molecule has 7 heteroatoms. The van der Waals surface area contributed by atoms with E-state index in [0.29, 0.717) is 21.6 Å². The second kappa shape index (κ2) is 7.88. The molecule has 1 heterocycles. The SMILES string of the molecule is CCOc1ccc2ccccc2c1/C=C1/SC(=S)N(CCC(=O)[O-])C1=O. The average Bonchev–Trinajstić information content (AvgIpc) is 2.88. The molecular formula is C19H16NO4S2-. The molecule has 0 aromatic heterocycles. The summed E-state index contributed by atoms with van der Waals surface area (Å²) in [6.07, 6.45) is 1.52. The lowest BCUT2D eigenvalue weighted by Gasteiger charge is -2.14. The van der Waals surface area contributed by atoms with E-state index in [1.807, 2.05) is 43.3 Å². The van der Waals surface area contributed by atoms with Crippen molar-refractivity contribution >= 4 is 57.0 Å². The maximum atomic E-state index is 12.6. The minimum Gasteiger partial charge on any atom is -0.550 e. The third-order valence-electron chi connectivity index (χ3n) is 3.92. The Balaban J connectivity index is 2.01. The van der Waals surface area contributed by atoms with Crippen molar-refractivity contribution in [2.45, 2.75) is 13.3 Å². The van der Waals surface area contributed by atoms with E-state index in [0.717, 1.165) is 28.1 Å². The summed E-state index contributed by atoms with van der Waals surface area (Å²) in [4.78, 5) is 25.1. The predicted octanol–water partition coefficient (Wildman–Crippen LogP) is 2.58. The first kappa shape index (κ1) is 18.4. The number of carbonyl (C=O) groups is 2. The number of hydrogen-bond donors (Lipinski definition) is 0. The highest BCUT2D eigenvalue weighted by atomic mass is 32.2. The lowest BCUT2D eigenvalue weighted by atomic mass is 10.0. The highest BCUT2D eigenvalue weighted by Gasteiger charge is 2.32. The number of carboxylic acids is 1. The molecule has 134 valence electrons. The molecule has 0 radical (unpaired) electrons. The average molecular weight is 386 g/mol. The first-order valence-corrected chi connectivity index (χ1v) is 9.33. The number of thiocarbonyl (C=S) groups is 1. The minimum absolute atomic E-state index is 0.0121.